The molecule has 0 bridgehead atoms. The van der Waals surface area contributed by atoms with Crippen LogP contribution in [0.1, 0.15) is 33.2 Å². The van der Waals surface area contributed by atoms with Gasteiger partial charge >= 0.3 is 0 Å². The van der Waals surface area contributed by atoms with Gasteiger partial charge in [0.25, 0.3) is 5.91 Å². The van der Waals surface area contributed by atoms with Crippen LogP contribution in [0.15, 0.2) is 47.5 Å². The van der Waals surface area contributed by atoms with E-state index >= 15 is 0 Å². The van der Waals surface area contributed by atoms with Crippen molar-refractivity contribution in [2.45, 2.75) is 6.10 Å². The fourth-order valence-electron chi connectivity index (χ4n) is 2.64. The highest BCUT2D eigenvalue weighted by molar-refractivity contribution is 6.16. The van der Waals surface area contributed by atoms with Gasteiger partial charge < -0.3 is 10.5 Å². The van der Waals surface area contributed by atoms with E-state index in [2.05, 4.69) is 11.1 Å². The van der Waals surface area contributed by atoms with Gasteiger partial charge in [-0.1, -0.05) is 18.2 Å². The number of amides is 1. The van der Waals surface area contributed by atoms with Gasteiger partial charge in [0, 0.05) is 12.1 Å². The molecule has 2 aromatic carbocycles. The molecule has 0 spiro atoms. The van der Waals surface area contributed by atoms with E-state index in [4.69, 9.17) is 15.7 Å². The summed E-state index contributed by atoms with van der Waals surface area (Å²) in [7, 11) is 0. The second kappa shape index (κ2) is 6.71. The van der Waals surface area contributed by atoms with Crippen molar-refractivity contribution in [2.75, 3.05) is 13.2 Å². The first-order valence-corrected chi connectivity index (χ1v) is 7.38. The van der Waals surface area contributed by atoms with Gasteiger partial charge in [-0.05, 0) is 29.8 Å². The lowest BCUT2D eigenvalue weighted by Gasteiger charge is -2.25. The van der Waals surface area contributed by atoms with Crippen molar-refractivity contribution in [3.8, 4) is 6.07 Å². The third kappa shape index (κ3) is 2.95. The van der Waals surface area contributed by atoms with Crippen LogP contribution >= 0.6 is 0 Å². The first-order chi connectivity index (χ1) is 11.6. The third-order valence-electron chi connectivity index (χ3n) is 3.69. The topological polar surface area (TPSA) is 88.5 Å². The zero-order chi connectivity index (χ0) is 17.1. The molecule has 120 valence electrons. The van der Waals surface area contributed by atoms with Crippen molar-refractivity contribution in [3.05, 3.63) is 70.5 Å². The van der Waals surface area contributed by atoms with Gasteiger partial charge in [-0.15, -0.1) is 0 Å². The van der Waals surface area contributed by atoms with Crippen LogP contribution in [0.5, 0.6) is 0 Å². The Bertz CT molecular complexity index is 871. The number of hydrogen-bond acceptors (Lipinski definition) is 4. The average molecular weight is 323 g/mol. The van der Waals surface area contributed by atoms with E-state index in [9.17, 15) is 9.18 Å². The average Bonchev–Trinajstić information content (AvgIpc) is 2.61. The minimum Gasteiger partial charge on any atom is -0.366 e. The molecule has 1 heterocycles. The number of rotatable bonds is 4. The molecule has 0 radical (unpaired) electrons. The smallest absolute Gasteiger partial charge is 0.277 e. The summed E-state index contributed by atoms with van der Waals surface area (Å²) in [6.07, 6.45) is -0.643. The van der Waals surface area contributed by atoms with Gasteiger partial charge in [-0.3, -0.25) is 4.79 Å². The number of benzene rings is 2. The Kier molecular flexibility index (Phi) is 4.47. The van der Waals surface area contributed by atoms with Crippen LogP contribution in [-0.2, 0) is 4.74 Å². The van der Waals surface area contributed by atoms with Crippen LogP contribution in [0.2, 0.25) is 0 Å². The number of hydrogen-bond donors (Lipinski definition) is 1. The van der Waals surface area contributed by atoms with E-state index in [1.807, 2.05) is 0 Å². The summed E-state index contributed by atoms with van der Waals surface area (Å²) in [6, 6.07) is 12.8. The number of ether oxygens (including phenoxy) is 1. The minimum absolute atomic E-state index is 0.178. The summed E-state index contributed by atoms with van der Waals surface area (Å²) in [5, 5.41) is 9.06. The molecule has 24 heavy (non-hydrogen) atoms. The SMILES string of the molecule is N#Cc1cccc(C2=NC(=O)c3cc(F)ccc3C2OCCN)c1. The maximum atomic E-state index is 13.5. The summed E-state index contributed by atoms with van der Waals surface area (Å²) in [5.41, 5.74) is 7.69. The molecule has 2 aromatic rings. The van der Waals surface area contributed by atoms with E-state index in [0.717, 1.165) is 6.07 Å². The zero-order valence-corrected chi connectivity index (χ0v) is 12.7. The van der Waals surface area contributed by atoms with E-state index in [1.54, 1.807) is 24.3 Å². The van der Waals surface area contributed by atoms with Crippen molar-refractivity contribution in [1.82, 2.24) is 0 Å². The van der Waals surface area contributed by atoms with E-state index < -0.39 is 17.8 Å². The normalized spacial score (nSPS) is 16.3. The van der Waals surface area contributed by atoms with Gasteiger partial charge in [0.2, 0.25) is 0 Å². The predicted molar refractivity (Wildman–Crippen MR) is 86.2 cm³/mol. The fourth-order valence-corrected chi connectivity index (χ4v) is 2.64. The first-order valence-electron chi connectivity index (χ1n) is 7.38. The highest BCUT2D eigenvalue weighted by Gasteiger charge is 2.31. The van der Waals surface area contributed by atoms with Crippen molar-refractivity contribution in [1.29, 1.82) is 5.26 Å². The summed E-state index contributed by atoms with van der Waals surface area (Å²) in [5.74, 6) is -1.04. The molecule has 5 nitrogen and oxygen atoms in total. The summed E-state index contributed by atoms with van der Waals surface area (Å²) >= 11 is 0. The summed E-state index contributed by atoms with van der Waals surface area (Å²) < 4.78 is 19.2. The first kappa shape index (κ1) is 16.0. The molecule has 1 unspecified atom stereocenters. The van der Waals surface area contributed by atoms with Crippen LogP contribution in [0, 0.1) is 17.1 Å². The second-order valence-corrected chi connectivity index (χ2v) is 5.27. The molecule has 0 fully saturated rings. The summed E-state index contributed by atoms with van der Waals surface area (Å²) in [6.45, 7) is 0.555. The Labute approximate surface area is 138 Å². The van der Waals surface area contributed by atoms with Gasteiger partial charge in [0.1, 0.15) is 11.9 Å². The molecule has 3 rings (SSSR count). The number of carbonyl (C=O) groups is 1. The molecule has 6 heteroatoms. The second-order valence-electron chi connectivity index (χ2n) is 5.27. The molecular weight excluding hydrogens is 309 g/mol. The highest BCUT2D eigenvalue weighted by Crippen LogP contribution is 2.31. The number of halogens is 1. The Morgan fingerprint density at radius 3 is 2.88 bits per heavy atom. The number of aliphatic imine (C=N–C) groups is 1. The zero-order valence-electron chi connectivity index (χ0n) is 12.7. The third-order valence-corrected chi connectivity index (χ3v) is 3.69. The Morgan fingerprint density at radius 2 is 2.12 bits per heavy atom. The largest absolute Gasteiger partial charge is 0.366 e. The van der Waals surface area contributed by atoms with Gasteiger partial charge in [0.15, 0.2) is 0 Å². The molecule has 1 amide bonds. The molecule has 0 saturated carbocycles. The number of nitrogens with two attached hydrogens (primary N) is 1. The number of nitriles is 1. The van der Waals surface area contributed by atoms with Crippen LogP contribution in [0.3, 0.4) is 0 Å². The predicted octanol–water partition coefficient (Wildman–Crippen LogP) is 2.36. The molecule has 2 N–H and O–H groups in total. The Balaban J connectivity index is 2.12. The monoisotopic (exact) mass is 323 g/mol. The lowest BCUT2D eigenvalue weighted by atomic mass is 9.91. The lowest BCUT2D eigenvalue weighted by Crippen LogP contribution is -2.27. The minimum atomic E-state index is -0.643. The van der Waals surface area contributed by atoms with Crippen LogP contribution < -0.4 is 5.73 Å². The van der Waals surface area contributed by atoms with Crippen molar-refractivity contribution in [2.24, 2.45) is 10.7 Å². The molecule has 0 aromatic heterocycles. The van der Waals surface area contributed by atoms with Gasteiger partial charge in [-0.2, -0.15) is 5.26 Å². The Hall–Kier alpha value is -2.88. The number of carbonyl (C=O) groups excluding carboxylic acids is 1. The van der Waals surface area contributed by atoms with E-state index in [0.29, 0.717) is 28.9 Å². The molecule has 1 aliphatic heterocycles. The maximum Gasteiger partial charge on any atom is 0.277 e. The van der Waals surface area contributed by atoms with Gasteiger partial charge in [0.05, 0.1) is 29.5 Å². The number of nitrogens with zero attached hydrogens (tertiary/aromatic N) is 2. The van der Waals surface area contributed by atoms with Crippen molar-refractivity contribution >= 4 is 11.6 Å². The van der Waals surface area contributed by atoms with Crippen LogP contribution in [0.4, 0.5) is 4.39 Å². The van der Waals surface area contributed by atoms with Crippen LogP contribution in [0.25, 0.3) is 0 Å². The van der Waals surface area contributed by atoms with Crippen molar-refractivity contribution in [3.63, 3.8) is 0 Å². The highest BCUT2D eigenvalue weighted by atomic mass is 19.1. The van der Waals surface area contributed by atoms with E-state index in [1.165, 1.54) is 12.1 Å². The summed E-state index contributed by atoms with van der Waals surface area (Å²) in [4.78, 5) is 16.4. The standard InChI is InChI=1S/C18H14FN3O2/c19-13-4-5-14-15(9-13)18(23)22-16(17(14)24-7-6-20)12-3-1-2-11(8-12)10-21/h1-5,8-9,17H,6-7,20H2. The van der Waals surface area contributed by atoms with Gasteiger partial charge in [-0.25, -0.2) is 9.38 Å². The van der Waals surface area contributed by atoms with E-state index in [-0.39, 0.29) is 12.2 Å². The fraction of sp³-hybridized carbons (Fsp3) is 0.167. The quantitative estimate of drug-likeness (QED) is 0.935. The maximum absolute atomic E-state index is 13.5. The van der Waals surface area contributed by atoms with Crippen LogP contribution in [-0.4, -0.2) is 24.8 Å². The molecule has 0 saturated heterocycles. The lowest BCUT2D eigenvalue weighted by molar-refractivity contribution is 0.0911. The number of fused-ring (bicyclic) bond motifs is 1. The Morgan fingerprint density at radius 1 is 1.29 bits per heavy atom. The molecule has 1 atom stereocenters. The van der Waals surface area contributed by atoms with Crippen molar-refractivity contribution < 1.29 is 13.9 Å². The molecular formula is C18H14FN3O2. The molecule has 1 aliphatic rings. The molecule has 0 aliphatic carbocycles.